The van der Waals surface area contributed by atoms with E-state index in [0.717, 1.165) is 45.8 Å². The Labute approximate surface area is 121 Å². The highest BCUT2D eigenvalue weighted by atomic mass is 79.9. The Morgan fingerprint density at radius 1 is 1.37 bits per heavy atom. The summed E-state index contributed by atoms with van der Waals surface area (Å²) >= 11 is 3.11. The number of nitrogens with two attached hydrogens (primary N) is 1. The first-order valence-corrected chi connectivity index (χ1v) is 7.24. The van der Waals surface area contributed by atoms with Crippen molar-refractivity contribution in [1.29, 1.82) is 0 Å². The van der Waals surface area contributed by atoms with Gasteiger partial charge in [0.2, 0.25) is 0 Å². The van der Waals surface area contributed by atoms with Crippen molar-refractivity contribution >= 4 is 27.3 Å². The van der Waals surface area contributed by atoms with Gasteiger partial charge in [0.15, 0.2) is 0 Å². The second-order valence-corrected chi connectivity index (χ2v) is 5.44. The standard InChI is InChI=1S/C13H19BrFN3O/c14-10-8-12(16)13(9-11(10)15)17-2-1-3-18-4-6-19-7-5-18/h8-9,17H,1-7,16H2. The summed E-state index contributed by atoms with van der Waals surface area (Å²) in [6.07, 6.45) is 0.997. The number of ether oxygens (including phenoxy) is 1. The lowest BCUT2D eigenvalue weighted by Gasteiger charge is -2.26. The molecule has 0 saturated carbocycles. The zero-order chi connectivity index (χ0) is 13.7. The fraction of sp³-hybridized carbons (Fsp3) is 0.538. The molecule has 2 rings (SSSR count). The van der Waals surface area contributed by atoms with Crippen LogP contribution in [0.5, 0.6) is 0 Å². The molecule has 0 spiro atoms. The second kappa shape index (κ2) is 7.07. The lowest BCUT2D eigenvalue weighted by Crippen LogP contribution is -2.37. The number of anilines is 2. The van der Waals surface area contributed by atoms with E-state index < -0.39 is 0 Å². The number of morpholine rings is 1. The van der Waals surface area contributed by atoms with Gasteiger partial charge >= 0.3 is 0 Å². The highest BCUT2D eigenvalue weighted by molar-refractivity contribution is 9.10. The molecule has 0 radical (unpaired) electrons. The molecule has 6 heteroatoms. The van der Waals surface area contributed by atoms with E-state index in [4.69, 9.17) is 10.5 Å². The minimum absolute atomic E-state index is 0.301. The van der Waals surface area contributed by atoms with Crippen LogP contribution in [0.15, 0.2) is 16.6 Å². The van der Waals surface area contributed by atoms with Gasteiger partial charge in [0.1, 0.15) is 5.82 Å². The number of hydrogen-bond acceptors (Lipinski definition) is 4. The van der Waals surface area contributed by atoms with Crippen LogP contribution >= 0.6 is 15.9 Å². The van der Waals surface area contributed by atoms with Crippen molar-refractivity contribution in [3.05, 3.63) is 22.4 Å². The van der Waals surface area contributed by atoms with Crippen LogP contribution in [0.4, 0.5) is 15.8 Å². The molecular formula is C13H19BrFN3O. The molecular weight excluding hydrogens is 313 g/mol. The van der Waals surface area contributed by atoms with E-state index in [1.165, 1.54) is 6.07 Å². The van der Waals surface area contributed by atoms with Gasteiger partial charge in [0.25, 0.3) is 0 Å². The maximum absolute atomic E-state index is 13.4. The summed E-state index contributed by atoms with van der Waals surface area (Å²) in [6, 6.07) is 3.01. The van der Waals surface area contributed by atoms with Gasteiger partial charge in [0.05, 0.1) is 29.1 Å². The molecule has 19 heavy (non-hydrogen) atoms. The van der Waals surface area contributed by atoms with E-state index in [9.17, 15) is 4.39 Å². The molecule has 1 saturated heterocycles. The fourth-order valence-corrected chi connectivity index (χ4v) is 2.43. The Hall–Kier alpha value is -0.850. The average molecular weight is 332 g/mol. The normalized spacial score (nSPS) is 16.5. The van der Waals surface area contributed by atoms with Crippen molar-refractivity contribution in [1.82, 2.24) is 4.90 Å². The first kappa shape index (κ1) is 14.6. The predicted octanol–water partition coefficient (Wildman–Crippen LogP) is 2.30. The molecule has 1 heterocycles. The van der Waals surface area contributed by atoms with E-state index in [1.54, 1.807) is 6.07 Å². The minimum atomic E-state index is -0.301. The summed E-state index contributed by atoms with van der Waals surface area (Å²) in [4.78, 5) is 2.37. The predicted molar refractivity (Wildman–Crippen MR) is 78.9 cm³/mol. The van der Waals surface area contributed by atoms with Crippen LogP contribution in [0.1, 0.15) is 6.42 Å². The monoisotopic (exact) mass is 331 g/mol. The van der Waals surface area contributed by atoms with Gasteiger partial charge in [0, 0.05) is 25.7 Å². The molecule has 3 N–H and O–H groups in total. The van der Waals surface area contributed by atoms with Crippen LogP contribution in [0.2, 0.25) is 0 Å². The van der Waals surface area contributed by atoms with E-state index in [-0.39, 0.29) is 5.82 Å². The highest BCUT2D eigenvalue weighted by Crippen LogP contribution is 2.26. The summed E-state index contributed by atoms with van der Waals surface area (Å²) in [7, 11) is 0. The Bertz CT molecular complexity index is 425. The van der Waals surface area contributed by atoms with Crippen LogP contribution in [0.3, 0.4) is 0 Å². The zero-order valence-electron chi connectivity index (χ0n) is 10.8. The van der Waals surface area contributed by atoms with Crippen LogP contribution in [-0.2, 0) is 4.74 Å². The highest BCUT2D eigenvalue weighted by Gasteiger charge is 2.09. The van der Waals surface area contributed by atoms with Gasteiger partial charge in [-0.15, -0.1) is 0 Å². The summed E-state index contributed by atoms with van der Waals surface area (Å²) in [5, 5.41) is 3.18. The Morgan fingerprint density at radius 3 is 2.84 bits per heavy atom. The van der Waals surface area contributed by atoms with E-state index >= 15 is 0 Å². The van der Waals surface area contributed by atoms with Gasteiger partial charge in [-0.1, -0.05) is 0 Å². The minimum Gasteiger partial charge on any atom is -0.397 e. The summed E-state index contributed by atoms with van der Waals surface area (Å²) in [5.41, 5.74) is 7.04. The van der Waals surface area contributed by atoms with E-state index in [0.29, 0.717) is 15.8 Å². The first-order valence-electron chi connectivity index (χ1n) is 6.45. The van der Waals surface area contributed by atoms with Gasteiger partial charge in [-0.05, 0) is 35.0 Å². The van der Waals surface area contributed by atoms with E-state index in [1.807, 2.05) is 0 Å². The number of hydrogen-bond donors (Lipinski definition) is 2. The molecule has 0 bridgehead atoms. The third-order valence-electron chi connectivity index (χ3n) is 3.16. The molecule has 1 aliphatic rings. The van der Waals surface area contributed by atoms with Gasteiger partial charge in [-0.25, -0.2) is 4.39 Å². The molecule has 1 fully saturated rings. The van der Waals surface area contributed by atoms with Gasteiger partial charge < -0.3 is 15.8 Å². The first-order chi connectivity index (χ1) is 9.16. The summed E-state index contributed by atoms with van der Waals surface area (Å²) in [6.45, 7) is 5.43. The largest absolute Gasteiger partial charge is 0.397 e. The average Bonchev–Trinajstić information content (AvgIpc) is 2.41. The fourth-order valence-electron chi connectivity index (χ4n) is 2.07. The lowest BCUT2D eigenvalue weighted by molar-refractivity contribution is 0.0378. The Morgan fingerprint density at radius 2 is 2.11 bits per heavy atom. The summed E-state index contributed by atoms with van der Waals surface area (Å²) < 4.78 is 19.1. The van der Waals surface area contributed by atoms with Crippen LogP contribution in [0.25, 0.3) is 0 Å². The van der Waals surface area contributed by atoms with E-state index in [2.05, 4.69) is 26.1 Å². The van der Waals surface area contributed by atoms with Crippen LogP contribution in [-0.4, -0.2) is 44.3 Å². The van der Waals surface area contributed by atoms with Gasteiger partial charge in [-0.2, -0.15) is 0 Å². The third kappa shape index (κ3) is 4.33. The molecule has 0 unspecified atom stereocenters. The maximum Gasteiger partial charge on any atom is 0.139 e. The van der Waals surface area contributed by atoms with Crippen molar-refractivity contribution in [3.8, 4) is 0 Å². The van der Waals surface area contributed by atoms with Gasteiger partial charge in [-0.3, -0.25) is 4.90 Å². The second-order valence-electron chi connectivity index (χ2n) is 4.59. The Kier molecular flexibility index (Phi) is 5.42. The van der Waals surface area contributed by atoms with Crippen molar-refractivity contribution in [2.45, 2.75) is 6.42 Å². The number of nitrogens with one attached hydrogen (secondary N) is 1. The molecule has 106 valence electrons. The van der Waals surface area contributed by atoms with Crippen molar-refractivity contribution in [2.24, 2.45) is 0 Å². The quantitative estimate of drug-likeness (QED) is 0.642. The molecule has 1 aliphatic heterocycles. The molecule has 0 aromatic heterocycles. The van der Waals surface area contributed by atoms with Crippen LogP contribution < -0.4 is 11.1 Å². The molecule has 1 aromatic rings. The van der Waals surface area contributed by atoms with Crippen LogP contribution in [0, 0.1) is 5.82 Å². The molecule has 0 atom stereocenters. The number of nitrogens with zero attached hydrogens (tertiary/aromatic N) is 1. The maximum atomic E-state index is 13.4. The third-order valence-corrected chi connectivity index (χ3v) is 3.77. The SMILES string of the molecule is Nc1cc(Br)c(F)cc1NCCCN1CCOCC1. The molecule has 1 aromatic carbocycles. The number of nitrogen functional groups attached to an aromatic ring is 1. The zero-order valence-corrected chi connectivity index (χ0v) is 12.4. The number of halogens is 2. The summed E-state index contributed by atoms with van der Waals surface area (Å²) in [5.74, 6) is -0.301. The van der Waals surface area contributed by atoms with Crippen molar-refractivity contribution < 1.29 is 9.13 Å². The Balaban J connectivity index is 1.74. The topological polar surface area (TPSA) is 50.5 Å². The van der Waals surface area contributed by atoms with Crippen molar-refractivity contribution in [2.75, 3.05) is 50.4 Å². The molecule has 0 amide bonds. The lowest BCUT2D eigenvalue weighted by atomic mass is 10.2. The molecule has 4 nitrogen and oxygen atoms in total. The number of rotatable bonds is 5. The molecule has 0 aliphatic carbocycles. The number of benzene rings is 1. The van der Waals surface area contributed by atoms with Crippen molar-refractivity contribution in [3.63, 3.8) is 0 Å². The smallest absolute Gasteiger partial charge is 0.139 e.